The Kier molecular flexibility index (Phi) is 5.48. The van der Waals surface area contributed by atoms with Crippen molar-refractivity contribution in [3.8, 4) is 0 Å². The predicted octanol–water partition coefficient (Wildman–Crippen LogP) is 1.27. The summed E-state index contributed by atoms with van der Waals surface area (Å²) in [6, 6.07) is 7.48. The second-order valence-corrected chi connectivity index (χ2v) is 5.19. The molecule has 118 valence electrons. The zero-order chi connectivity index (χ0) is 15.9. The lowest BCUT2D eigenvalue weighted by Crippen LogP contribution is -2.50. The van der Waals surface area contributed by atoms with Gasteiger partial charge in [0.25, 0.3) is 0 Å². The lowest BCUT2D eigenvalue weighted by molar-refractivity contribution is -0.145. The highest BCUT2D eigenvalue weighted by atomic mass is 16.4. The third-order valence-corrected chi connectivity index (χ3v) is 3.53. The molecule has 7 heteroatoms. The average molecular weight is 305 g/mol. The Labute approximate surface area is 128 Å². The summed E-state index contributed by atoms with van der Waals surface area (Å²) in [6.45, 7) is 0.448. The molecule has 1 aromatic carbocycles. The van der Waals surface area contributed by atoms with Gasteiger partial charge in [-0.15, -0.1) is 0 Å². The molecule has 0 aliphatic carbocycles. The summed E-state index contributed by atoms with van der Waals surface area (Å²) < 4.78 is 0. The van der Waals surface area contributed by atoms with Gasteiger partial charge in [-0.25, -0.2) is 4.79 Å². The quantitative estimate of drug-likeness (QED) is 0.778. The normalized spacial score (nSPS) is 18.5. The van der Waals surface area contributed by atoms with E-state index >= 15 is 0 Å². The van der Waals surface area contributed by atoms with E-state index in [2.05, 4.69) is 10.6 Å². The standard InChI is InChI=1S/C15H19N3O4/c19-13(10-18-9-5-4-8-12(18)14(20)21)17-15(22)16-11-6-2-1-3-7-11/h1-3,6-7,12H,4-5,8-10H2,(H,20,21)(H2,16,17,19,22). The van der Waals surface area contributed by atoms with Crippen molar-refractivity contribution >= 4 is 23.6 Å². The highest BCUT2D eigenvalue weighted by Gasteiger charge is 2.29. The molecule has 0 radical (unpaired) electrons. The molecule has 3 amide bonds. The van der Waals surface area contributed by atoms with E-state index in [9.17, 15) is 14.4 Å². The van der Waals surface area contributed by atoms with E-state index in [-0.39, 0.29) is 6.54 Å². The maximum Gasteiger partial charge on any atom is 0.325 e. The molecule has 1 fully saturated rings. The number of carbonyl (C=O) groups excluding carboxylic acids is 2. The number of carboxylic acids is 1. The monoisotopic (exact) mass is 305 g/mol. The topological polar surface area (TPSA) is 98.7 Å². The summed E-state index contributed by atoms with van der Waals surface area (Å²) in [5.74, 6) is -1.44. The van der Waals surface area contributed by atoms with Gasteiger partial charge in [0.1, 0.15) is 6.04 Å². The van der Waals surface area contributed by atoms with Crippen LogP contribution in [0.2, 0.25) is 0 Å². The van der Waals surface area contributed by atoms with Crippen molar-refractivity contribution in [2.45, 2.75) is 25.3 Å². The molecule has 1 saturated heterocycles. The lowest BCUT2D eigenvalue weighted by atomic mass is 10.0. The number of carbonyl (C=O) groups is 3. The van der Waals surface area contributed by atoms with Crippen LogP contribution in [0.4, 0.5) is 10.5 Å². The number of benzene rings is 1. The molecule has 3 N–H and O–H groups in total. The third-order valence-electron chi connectivity index (χ3n) is 3.53. The number of carboxylic acid groups (broad SMARTS) is 1. The van der Waals surface area contributed by atoms with Crippen LogP contribution in [0, 0.1) is 0 Å². The van der Waals surface area contributed by atoms with Gasteiger partial charge in [0.15, 0.2) is 0 Å². The number of imide groups is 1. The van der Waals surface area contributed by atoms with E-state index in [4.69, 9.17) is 5.11 Å². The fourth-order valence-corrected chi connectivity index (χ4v) is 2.49. The van der Waals surface area contributed by atoms with Crippen molar-refractivity contribution in [2.75, 3.05) is 18.4 Å². The largest absolute Gasteiger partial charge is 0.480 e. The van der Waals surface area contributed by atoms with Crippen molar-refractivity contribution in [3.05, 3.63) is 30.3 Å². The zero-order valence-electron chi connectivity index (χ0n) is 12.1. The number of likely N-dealkylation sites (tertiary alicyclic amines) is 1. The van der Waals surface area contributed by atoms with Gasteiger partial charge < -0.3 is 10.4 Å². The van der Waals surface area contributed by atoms with Crippen molar-refractivity contribution in [3.63, 3.8) is 0 Å². The second-order valence-electron chi connectivity index (χ2n) is 5.19. The van der Waals surface area contributed by atoms with Crippen molar-refractivity contribution in [1.29, 1.82) is 0 Å². The predicted molar refractivity (Wildman–Crippen MR) is 80.5 cm³/mol. The summed E-state index contributed by atoms with van der Waals surface area (Å²) >= 11 is 0. The van der Waals surface area contributed by atoms with Crippen molar-refractivity contribution in [1.82, 2.24) is 10.2 Å². The van der Waals surface area contributed by atoms with Crippen LogP contribution in [0.3, 0.4) is 0 Å². The number of nitrogens with one attached hydrogen (secondary N) is 2. The Bertz CT molecular complexity index is 547. The third kappa shape index (κ3) is 4.56. The maximum atomic E-state index is 11.9. The molecule has 0 spiro atoms. The highest BCUT2D eigenvalue weighted by Crippen LogP contribution is 2.16. The van der Waals surface area contributed by atoms with Gasteiger partial charge in [-0.05, 0) is 31.5 Å². The van der Waals surface area contributed by atoms with E-state index in [1.54, 1.807) is 29.2 Å². The summed E-state index contributed by atoms with van der Waals surface area (Å²) in [5, 5.41) is 13.9. The van der Waals surface area contributed by atoms with Crippen molar-refractivity contribution in [2.24, 2.45) is 0 Å². The smallest absolute Gasteiger partial charge is 0.325 e. The number of hydrogen-bond acceptors (Lipinski definition) is 4. The van der Waals surface area contributed by atoms with E-state index in [0.717, 1.165) is 12.8 Å². The van der Waals surface area contributed by atoms with Crippen LogP contribution < -0.4 is 10.6 Å². The average Bonchev–Trinajstić information content (AvgIpc) is 2.48. The molecule has 1 aromatic rings. The molecular formula is C15H19N3O4. The van der Waals surface area contributed by atoms with Gasteiger partial charge in [0.05, 0.1) is 6.54 Å². The fourth-order valence-electron chi connectivity index (χ4n) is 2.49. The van der Waals surface area contributed by atoms with E-state index in [0.29, 0.717) is 18.7 Å². The Balaban J connectivity index is 1.84. The van der Waals surface area contributed by atoms with E-state index in [1.807, 2.05) is 6.07 Å². The van der Waals surface area contributed by atoms with Gasteiger partial charge in [-0.2, -0.15) is 0 Å². The van der Waals surface area contributed by atoms with Crippen LogP contribution in [0.25, 0.3) is 0 Å². The van der Waals surface area contributed by atoms with Gasteiger partial charge in [0.2, 0.25) is 5.91 Å². The number of para-hydroxylation sites is 1. The molecule has 22 heavy (non-hydrogen) atoms. The second kappa shape index (κ2) is 7.56. The first-order valence-electron chi connectivity index (χ1n) is 7.19. The van der Waals surface area contributed by atoms with Crippen molar-refractivity contribution < 1.29 is 19.5 Å². The number of anilines is 1. The molecule has 1 aliphatic heterocycles. The summed E-state index contributed by atoms with van der Waals surface area (Å²) in [5.41, 5.74) is 0.578. The van der Waals surface area contributed by atoms with E-state index < -0.39 is 23.9 Å². The van der Waals surface area contributed by atoms with Crippen LogP contribution in [-0.2, 0) is 9.59 Å². The summed E-state index contributed by atoms with van der Waals surface area (Å²) in [6.07, 6.45) is 2.22. The number of rotatable bonds is 4. The molecule has 1 unspecified atom stereocenters. The number of piperidine rings is 1. The number of amides is 3. The Morgan fingerprint density at radius 3 is 2.59 bits per heavy atom. The van der Waals surface area contributed by atoms with Gasteiger partial charge in [-0.3, -0.25) is 19.8 Å². The summed E-state index contributed by atoms with van der Waals surface area (Å²) in [7, 11) is 0. The van der Waals surface area contributed by atoms with Gasteiger partial charge >= 0.3 is 12.0 Å². The van der Waals surface area contributed by atoms with Gasteiger partial charge in [-0.1, -0.05) is 24.6 Å². The minimum atomic E-state index is -0.929. The number of aliphatic carboxylic acids is 1. The number of nitrogens with zero attached hydrogens (tertiary/aromatic N) is 1. The molecule has 0 bridgehead atoms. The van der Waals surface area contributed by atoms with Crippen LogP contribution >= 0.6 is 0 Å². The van der Waals surface area contributed by atoms with Crippen LogP contribution in [0.5, 0.6) is 0 Å². The van der Waals surface area contributed by atoms with Crippen LogP contribution in [0.15, 0.2) is 30.3 Å². The SMILES string of the molecule is O=C(CN1CCCCC1C(=O)O)NC(=O)Nc1ccccc1. The number of hydrogen-bond donors (Lipinski definition) is 3. The molecule has 1 heterocycles. The molecule has 0 aromatic heterocycles. The molecular weight excluding hydrogens is 286 g/mol. The Morgan fingerprint density at radius 2 is 1.91 bits per heavy atom. The first-order chi connectivity index (χ1) is 10.6. The first kappa shape index (κ1) is 16.0. The maximum absolute atomic E-state index is 11.9. The minimum Gasteiger partial charge on any atom is -0.480 e. The number of urea groups is 1. The fraction of sp³-hybridized carbons (Fsp3) is 0.400. The minimum absolute atomic E-state index is 0.0980. The summed E-state index contributed by atoms with van der Waals surface area (Å²) in [4.78, 5) is 36.3. The first-order valence-corrected chi connectivity index (χ1v) is 7.19. The molecule has 1 atom stereocenters. The molecule has 7 nitrogen and oxygen atoms in total. The Morgan fingerprint density at radius 1 is 1.18 bits per heavy atom. The molecule has 1 aliphatic rings. The van der Waals surface area contributed by atoms with Gasteiger partial charge in [0, 0.05) is 5.69 Å². The highest BCUT2D eigenvalue weighted by molar-refractivity contribution is 6.01. The Hall–Kier alpha value is -2.41. The molecule has 0 saturated carbocycles. The zero-order valence-corrected chi connectivity index (χ0v) is 12.1. The lowest BCUT2D eigenvalue weighted by Gasteiger charge is -2.31. The van der Waals surface area contributed by atoms with Crippen LogP contribution in [-0.4, -0.2) is 47.0 Å². The van der Waals surface area contributed by atoms with Crippen LogP contribution in [0.1, 0.15) is 19.3 Å². The molecule has 2 rings (SSSR count). The van der Waals surface area contributed by atoms with E-state index in [1.165, 1.54) is 0 Å².